The first-order chi connectivity index (χ1) is 6.97. The molecule has 1 atom stereocenters. The second-order valence-electron chi connectivity index (χ2n) is 3.99. The number of hydrogen-bond acceptors (Lipinski definition) is 3. The molecule has 0 radical (unpaired) electrons. The molecule has 3 aliphatic rings. The minimum Gasteiger partial charge on any atom is -0.298 e. The molecule has 0 amide bonds. The standard InChI is InChI=1S/C9H12F3NO2/c10-9(11,12)15-5-7-8(14)6-1-3-13(7)4-2-6/h6-7H,1-5H2. The monoisotopic (exact) mass is 223 g/mol. The molecule has 1 unspecified atom stereocenters. The number of piperidine rings is 3. The molecule has 0 saturated carbocycles. The lowest BCUT2D eigenvalue weighted by Gasteiger charge is -2.43. The van der Waals surface area contributed by atoms with Crippen LogP contribution in [0.4, 0.5) is 13.2 Å². The smallest absolute Gasteiger partial charge is 0.298 e. The number of carbonyl (C=O) groups excluding carboxylic acids is 1. The van der Waals surface area contributed by atoms with E-state index in [1.807, 2.05) is 0 Å². The molecule has 86 valence electrons. The number of hydrogen-bond donors (Lipinski definition) is 0. The molecule has 0 aromatic heterocycles. The highest BCUT2D eigenvalue weighted by Crippen LogP contribution is 2.30. The van der Waals surface area contributed by atoms with Crippen molar-refractivity contribution >= 4 is 5.78 Å². The van der Waals surface area contributed by atoms with Crippen LogP contribution in [0.25, 0.3) is 0 Å². The summed E-state index contributed by atoms with van der Waals surface area (Å²) >= 11 is 0. The molecule has 0 aromatic carbocycles. The van der Waals surface area contributed by atoms with Crippen LogP contribution in [0, 0.1) is 5.92 Å². The Morgan fingerprint density at radius 2 is 1.93 bits per heavy atom. The quantitative estimate of drug-likeness (QED) is 0.704. The summed E-state index contributed by atoms with van der Waals surface area (Å²) in [5, 5.41) is 0. The second kappa shape index (κ2) is 3.75. The Kier molecular flexibility index (Phi) is 2.72. The molecule has 3 nitrogen and oxygen atoms in total. The van der Waals surface area contributed by atoms with Crippen LogP contribution in [-0.2, 0) is 9.53 Å². The number of nitrogens with zero attached hydrogens (tertiary/aromatic N) is 1. The predicted molar refractivity (Wildman–Crippen MR) is 45.1 cm³/mol. The maximum absolute atomic E-state index is 11.8. The third kappa shape index (κ3) is 2.31. The second-order valence-corrected chi connectivity index (χ2v) is 3.99. The van der Waals surface area contributed by atoms with Gasteiger partial charge >= 0.3 is 6.36 Å². The molecule has 2 bridgehead atoms. The Bertz CT molecular complexity index is 259. The van der Waals surface area contributed by atoms with Crippen molar-refractivity contribution in [2.45, 2.75) is 25.2 Å². The van der Waals surface area contributed by atoms with Crippen LogP contribution in [0.15, 0.2) is 0 Å². The van der Waals surface area contributed by atoms with E-state index < -0.39 is 19.0 Å². The molecule has 3 fully saturated rings. The number of ether oxygens (including phenoxy) is 1. The van der Waals surface area contributed by atoms with E-state index in [2.05, 4.69) is 4.74 Å². The van der Waals surface area contributed by atoms with Gasteiger partial charge in [-0.1, -0.05) is 0 Å². The van der Waals surface area contributed by atoms with Gasteiger partial charge in [-0.25, -0.2) is 0 Å². The highest BCUT2D eigenvalue weighted by Gasteiger charge is 2.43. The lowest BCUT2D eigenvalue weighted by molar-refractivity contribution is -0.328. The van der Waals surface area contributed by atoms with Crippen LogP contribution in [0.2, 0.25) is 0 Å². The Labute approximate surface area is 85.2 Å². The molecule has 15 heavy (non-hydrogen) atoms. The molecule has 0 N–H and O–H groups in total. The average molecular weight is 223 g/mol. The summed E-state index contributed by atoms with van der Waals surface area (Å²) in [6, 6.07) is -0.681. The van der Waals surface area contributed by atoms with Crippen molar-refractivity contribution in [3.8, 4) is 0 Å². The van der Waals surface area contributed by atoms with Gasteiger partial charge in [0.1, 0.15) is 0 Å². The molecule has 0 spiro atoms. The Hall–Kier alpha value is -0.620. The topological polar surface area (TPSA) is 29.5 Å². The van der Waals surface area contributed by atoms with Gasteiger partial charge in [-0.2, -0.15) is 0 Å². The van der Waals surface area contributed by atoms with Gasteiger partial charge < -0.3 is 0 Å². The largest absolute Gasteiger partial charge is 0.522 e. The van der Waals surface area contributed by atoms with Crippen LogP contribution in [0.1, 0.15) is 12.8 Å². The van der Waals surface area contributed by atoms with E-state index in [0.29, 0.717) is 13.1 Å². The number of alkyl halides is 3. The first kappa shape index (κ1) is 10.9. The van der Waals surface area contributed by atoms with Crippen LogP contribution in [0.5, 0.6) is 0 Å². The van der Waals surface area contributed by atoms with Gasteiger partial charge in [-0.15, -0.1) is 13.2 Å². The fourth-order valence-electron chi connectivity index (χ4n) is 2.31. The van der Waals surface area contributed by atoms with Crippen molar-refractivity contribution in [1.82, 2.24) is 4.90 Å². The van der Waals surface area contributed by atoms with E-state index in [1.165, 1.54) is 0 Å². The molecule has 0 aliphatic carbocycles. The summed E-state index contributed by atoms with van der Waals surface area (Å²) in [6.07, 6.45) is -3.08. The van der Waals surface area contributed by atoms with E-state index >= 15 is 0 Å². The van der Waals surface area contributed by atoms with Crippen molar-refractivity contribution in [3.05, 3.63) is 0 Å². The first-order valence-electron chi connectivity index (χ1n) is 4.96. The zero-order chi connectivity index (χ0) is 11.1. The molecule has 6 heteroatoms. The Balaban J connectivity index is 1.94. The SMILES string of the molecule is O=C1C2CCN(CC2)C1COC(F)(F)F. The summed E-state index contributed by atoms with van der Waals surface area (Å²) in [6.45, 7) is 0.864. The molecule has 3 saturated heterocycles. The molecule has 3 heterocycles. The van der Waals surface area contributed by atoms with Gasteiger partial charge in [-0.3, -0.25) is 14.4 Å². The predicted octanol–water partition coefficient (Wildman–Crippen LogP) is 1.19. The molecular weight excluding hydrogens is 211 g/mol. The van der Waals surface area contributed by atoms with Gasteiger partial charge in [0.2, 0.25) is 0 Å². The fraction of sp³-hybridized carbons (Fsp3) is 0.889. The number of carbonyl (C=O) groups is 1. The highest BCUT2D eigenvalue weighted by molar-refractivity contribution is 5.88. The molecule has 3 aliphatic heterocycles. The van der Waals surface area contributed by atoms with Gasteiger partial charge in [0.25, 0.3) is 0 Å². The fourth-order valence-corrected chi connectivity index (χ4v) is 2.31. The van der Waals surface area contributed by atoms with Crippen LogP contribution >= 0.6 is 0 Å². The van der Waals surface area contributed by atoms with Gasteiger partial charge in [0.15, 0.2) is 5.78 Å². The lowest BCUT2D eigenvalue weighted by Crippen LogP contribution is -2.57. The summed E-state index contributed by atoms with van der Waals surface area (Å²) in [5.41, 5.74) is 0. The summed E-state index contributed by atoms with van der Waals surface area (Å²) < 4.78 is 39.2. The van der Waals surface area contributed by atoms with E-state index in [-0.39, 0.29) is 11.7 Å². The van der Waals surface area contributed by atoms with Gasteiger partial charge in [-0.05, 0) is 25.9 Å². The Morgan fingerprint density at radius 1 is 1.33 bits per heavy atom. The lowest BCUT2D eigenvalue weighted by atomic mass is 9.82. The van der Waals surface area contributed by atoms with Crippen LogP contribution in [0.3, 0.4) is 0 Å². The van der Waals surface area contributed by atoms with Crippen molar-refractivity contribution in [1.29, 1.82) is 0 Å². The van der Waals surface area contributed by atoms with Crippen LogP contribution in [-0.4, -0.2) is 42.8 Å². The van der Waals surface area contributed by atoms with Crippen molar-refractivity contribution < 1.29 is 22.7 Å². The number of ketones is 1. The third-order valence-electron chi connectivity index (χ3n) is 3.11. The maximum Gasteiger partial charge on any atom is 0.522 e. The molecule has 3 rings (SSSR count). The van der Waals surface area contributed by atoms with E-state index in [0.717, 1.165) is 12.8 Å². The van der Waals surface area contributed by atoms with E-state index in [4.69, 9.17) is 0 Å². The average Bonchev–Trinajstić information content (AvgIpc) is 2.16. The summed E-state index contributed by atoms with van der Waals surface area (Å²) in [4.78, 5) is 13.4. The highest BCUT2D eigenvalue weighted by atomic mass is 19.4. The van der Waals surface area contributed by atoms with Crippen LogP contribution < -0.4 is 0 Å². The Morgan fingerprint density at radius 3 is 2.40 bits per heavy atom. The maximum atomic E-state index is 11.8. The van der Waals surface area contributed by atoms with E-state index in [9.17, 15) is 18.0 Å². The van der Waals surface area contributed by atoms with Crippen molar-refractivity contribution in [2.24, 2.45) is 5.92 Å². The molecular formula is C9H12F3NO2. The minimum atomic E-state index is -4.64. The number of Topliss-reactive ketones (excluding diaryl/α,β-unsaturated/α-hetero) is 1. The zero-order valence-electron chi connectivity index (χ0n) is 8.09. The number of halogens is 3. The summed E-state index contributed by atoms with van der Waals surface area (Å²) in [5.74, 6) is -0.131. The van der Waals surface area contributed by atoms with Gasteiger partial charge in [0, 0.05) is 5.92 Å². The third-order valence-corrected chi connectivity index (χ3v) is 3.11. The van der Waals surface area contributed by atoms with Crippen molar-refractivity contribution in [3.63, 3.8) is 0 Å². The van der Waals surface area contributed by atoms with E-state index in [1.54, 1.807) is 4.90 Å². The normalized spacial score (nSPS) is 35.9. The van der Waals surface area contributed by atoms with Gasteiger partial charge in [0.05, 0.1) is 12.6 Å². The molecule has 0 aromatic rings. The minimum absolute atomic E-state index is 0.0446. The summed E-state index contributed by atoms with van der Waals surface area (Å²) in [7, 11) is 0. The number of rotatable bonds is 2. The zero-order valence-corrected chi connectivity index (χ0v) is 8.09. The first-order valence-corrected chi connectivity index (χ1v) is 4.96. The van der Waals surface area contributed by atoms with Crippen molar-refractivity contribution in [2.75, 3.05) is 19.7 Å². The number of fused-ring (bicyclic) bond motifs is 3.